The van der Waals surface area contributed by atoms with Crippen LogP contribution in [0.5, 0.6) is 0 Å². The summed E-state index contributed by atoms with van der Waals surface area (Å²) in [6.07, 6.45) is 16.7. The Hall–Kier alpha value is -1.24. The number of hydrogen-bond acceptors (Lipinski definition) is 1. The molecule has 1 aliphatic carbocycles. The summed E-state index contributed by atoms with van der Waals surface area (Å²) in [5.74, 6) is 0.573. The number of hydrogen-bond donors (Lipinski definition) is 1. The van der Waals surface area contributed by atoms with E-state index in [1.54, 1.807) is 0 Å². The first-order valence-electron chi connectivity index (χ1n) is 6.12. The number of nitrogens with one attached hydrogen (secondary N) is 1. The molecule has 0 saturated carbocycles. The van der Waals surface area contributed by atoms with Crippen LogP contribution in [0.3, 0.4) is 0 Å². The van der Waals surface area contributed by atoms with Gasteiger partial charge in [0.2, 0.25) is 0 Å². The van der Waals surface area contributed by atoms with Crippen molar-refractivity contribution < 1.29 is 0 Å². The third kappa shape index (κ3) is 4.52. The summed E-state index contributed by atoms with van der Waals surface area (Å²) in [5.41, 5.74) is 2.89. The second kappa shape index (κ2) is 7.10. The molecule has 16 heavy (non-hydrogen) atoms. The summed E-state index contributed by atoms with van der Waals surface area (Å²) in [4.78, 5) is 0. The predicted molar refractivity (Wildman–Crippen MR) is 72.2 cm³/mol. The van der Waals surface area contributed by atoms with Gasteiger partial charge in [-0.2, -0.15) is 0 Å². The lowest BCUT2D eigenvalue weighted by Crippen LogP contribution is -1.99. The highest BCUT2D eigenvalue weighted by molar-refractivity contribution is 5.24. The molecule has 0 saturated heterocycles. The minimum absolute atomic E-state index is 0.573. The van der Waals surface area contributed by atoms with Crippen molar-refractivity contribution in [2.24, 2.45) is 5.92 Å². The van der Waals surface area contributed by atoms with Gasteiger partial charge in [0.1, 0.15) is 0 Å². The van der Waals surface area contributed by atoms with Crippen molar-refractivity contribution in [3.05, 3.63) is 47.7 Å². The highest BCUT2D eigenvalue weighted by Gasteiger charge is 1.99. The molecule has 0 unspecified atom stereocenters. The van der Waals surface area contributed by atoms with E-state index in [2.05, 4.69) is 55.7 Å². The van der Waals surface area contributed by atoms with Crippen molar-refractivity contribution in [1.82, 2.24) is 5.32 Å². The fourth-order valence-electron chi connectivity index (χ4n) is 1.74. The van der Waals surface area contributed by atoms with E-state index < -0.39 is 0 Å². The molecule has 1 nitrogen and oxygen atoms in total. The molecule has 0 atom stereocenters. The second-order valence-corrected chi connectivity index (χ2v) is 4.49. The van der Waals surface area contributed by atoms with Crippen molar-refractivity contribution in [1.29, 1.82) is 0 Å². The Morgan fingerprint density at radius 2 is 2.31 bits per heavy atom. The predicted octanol–water partition coefficient (Wildman–Crippen LogP) is 3.97. The van der Waals surface area contributed by atoms with Crippen molar-refractivity contribution in [3.63, 3.8) is 0 Å². The zero-order valence-corrected chi connectivity index (χ0v) is 10.7. The van der Waals surface area contributed by atoms with E-state index in [-0.39, 0.29) is 0 Å². The molecule has 1 heteroatoms. The van der Waals surface area contributed by atoms with Crippen molar-refractivity contribution in [3.8, 4) is 0 Å². The average molecular weight is 217 g/mol. The van der Waals surface area contributed by atoms with E-state index in [0.717, 1.165) is 6.42 Å². The van der Waals surface area contributed by atoms with Gasteiger partial charge in [0, 0.05) is 7.05 Å². The van der Waals surface area contributed by atoms with E-state index in [0.29, 0.717) is 5.92 Å². The van der Waals surface area contributed by atoms with Gasteiger partial charge < -0.3 is 5.32 Å². The van der Waals surface area contributed by atoms with E-state index in [9.17, 15) is 0 Å². The van der Waals surface area contributed by atoms with E-state index >= 15 is 0 Å². The fourth-order valence-corrected chi connectivity index (χ4v) is 1.74. The smallest absolute Gasteiger partial charge is 0.00278 e. The Morgan fingerprint density at radius 1 is 1.50 bits per heavy atom. The van der Waals surface area contributed by atoms with E-state index in [1.807, 2.05) is 7.05 Å². The summed E-state index contributed by atoms with van der Waals surface area (Å²) < 4.78 is 0. The molecule has 0 aromatic rings. The van der Waals surface area contributed by atoms with Crippen molar-refractivity contribution in [2.45, 2.75) is 33.1 Å². The largest absolute Gasteiger partial charge is 0.394 e. The molecule has 0 radical (unpaired) electrons. The average Bonchev–Trinajstić information content (AvgIpc) is 2.29. The van der Waals surface area contributed by atoms with Crippen LogP contribution >= 0.6 is 0 Å². The molecule has 0 aliphatic heterocycles. The SMILES string of the molecule is CN/C=C(\C=C/CC1=CC=CCC1)C(C)C. The third-order valence-electron chi connectivity index (χ3n) is 2.77. The van der Waals surface area contributed by atoms with Crippen LogP contribution in [0.15, 0.2) is 47.7 Å². The molecule has 0 fully saturated rings. The normalized spacial score (nSPS) is 17.0. The lowest BCUT2D eigenvalue weighted by molar-refractivity contribution is 0.779. The molecule has 1 aliphatic rings. The van der Waals surface area contributed by atoms with Gasteiger partial charge in [0.05, 0.1) is 0 Å². The minimum atomic E-state index is 0.573. The van der Waals surface area contributed by atoms with Crippen LogP contribution < -0.4 is 5.32 Å². The van der Waals surface area contributed by atoms with Gasteiger partial charge in [-0.25, -0.2) is 0 Å². The summed E-state index contributed by atoms with van der Waals surface area (Å²) in [6, 6.07) is 0. The van der Waals surface area contributed by atoms with Gasteiger partial charge in [-0.1, -0.05) is 49.8 Å². The lowest BCUT2D eigenvalue weighted by atomic mass is 9.99. The highest BCUT2D eigenvalue weighted by Crippen LogP contribution is 2.17. The maximum absolute atomic E-state index is 3.10. The van der Waals surface area contributed by atoms with Crippen LogP contribution in [-0.2, 0) is 0 Å². The Morgan fingerprint density at radius 3 is 2.88 bits per heavy atom. The first-order chi connectivity index (χ1) is 7.74. The molecule has 1 N–H and O–H groups in total. The van der Waals surface area contributed by atoms with E-state index in [1.165, 1.54) is 24.0 Å². The van der Waals surface area contributed by atoms with Crippen LogP contribution in [0.25, 0.3) is 0 Å². The summed E-state index contributed by atoms with van der Waals surface area (Å²) >= 11 is 0. The van der Waals surface area contributed by atoms with Crippen molar-refractivity contribution in [2.75, 3.05) is 7.05 Å². The minimum Gasteiger partial charge on any atom is -0.394 e. The number of rotatable bonds is 5. The Bertz CT molecular complexity index is 316. The zero-order chi connectivity index (χ0) is 11.8. The Kier molecular flexibility index (Phi) is 5.69. The van der Waals surface area contributed by atoms with Gasteiger partial charge >= 0.3 is 0 Å². The molecule has 0 bridgehead atoms. The molecular weight excluding hydrogens is 194 g/mol. The quantitative estimate of drug-likeness (QED) is 0.687. The van der Waals surface area contributed by atoms with Crippen LogP contribution in [0.2, 0.25) is 0 Å². The van der Waals surface area contributed by atoms with Crippen LogP contribution in [0.4, 0.5) is 0 Å². The molecule has 88 valence electrons. The first-order valence-corrected chi connectivity index (χ1v) is 6.12. The monoisotopic (exact) mass is 217 g/mol. The topological polar surface area (TPSA) is 12.0 Å². The lowest BCUT2D eigenvalue weighted by Gasteiger charge is -2.08. The van der Waals surface area contributed by atoms with Gasteiger partial charge in [0.25, 0.3) is 0 Å². The first kappa shape index (κ1) is 12.8. The van der Waals surface area contributed by atoms with E-state index in [4.69, 9.17) is 0 Å². The second-order valence-electron chi connectivity index (χ2n) is 4.49. The Labute approximate surface area is 99.6 Å². The van der Waals surface area contributed by atoms with Gasteiger partial charge in [-0.05, 0) is 37.0 Å². The summed E-state index contributed by atoms with van der Waals surface area (Å²) in [7, 11) is 1.95. The summed E-state index contributed by atoms with van der Waals surface area (Å²) in [6.45, 7) is 4.44. The highest BCUT2D eigenvalue weighted by atomic mass is 14.8. The van der Waals surface area contributed by atoms with Crippen molar-refractivity contribution >= 4 is 0 Å². The maximum Gasteiger partial charge on any atom is 0.00278 e. The maximum atomic E-state index is 3.10. The van der Waals surface area contributed by atoms with Crippen LogP contribution in [0, 0.1) is 5.92 Å². The molecule has 0 amide bonds. The number of allylic oxidation sites excluding steroid dienone is 7. The molecule has 1 rings (SSSR count). The van der Waals surface area contributed by atoms with Gasteiger partial charge in [-0.15, -0.1) is 0 Å². The van der Waals surface area contributed by atoms with Crippen LogP contribution in [0.1, 0.15) is 33.1 Å². The molecule has 0 aromatic carbocycles. The fraction of sp³-hybridized carbons (Fsp3) is 0.467. The Balaban J connectivity index is 2.49. The summed E-state index contributed by atoms with van der Waals surface area (Å²) in [5, 5.41) is 3.10. The third-order valence-corrected chi connectivity index (χ3v) is 2.77. The standard InChI is InChI=1S/C15H23N/c1-13(2)15(12-16-3)11-7-10-14-8-5-4-6-9-14/h4-5,7-8,11-13,16H,6,9-10H2,1-3H3/b11-7-,15-12+. The van der Waals surface area contributed by atoms with Gasteiger partial charge in [-0.3, -0.25) is 0 Å². The van der Waals surface area contributed by atoms with Crippen LogP contribution in [-0.4, -0.2) is 7.05 Å². The zero-order valence-electron chi connectivity index (χ0n) is 10.7. The molecule has 0 aromatic heterocycles. The molecular formula is C15H23N. The van der Waals surface area contributed by atoms with Gasteiger partial charge in [0.15, 0.2) is 0 Å². The molecule has 0 spiro atoms. The molecule has 0 heterocycles.